The van der Waals surface area contributed by atoms with Crippen molar-refractivity contribution in [3.63, 3.8) is 0 Å². The molecule has 2 aromatic rings. The fourth-order valence-corrected chi connectivity index (χ4v) is 4.49. The highest BCUT2D eigenvalue weighted by Gasteiger charge is 2.33. The van der Waals surface area contributed by atoms with Crippen LogP contribution in [0.1, 0.15) is 25.1 Å². The molecular weight excluding hydrogens is 286 g/mol. The minimum Gasteiger partial charge on any atom is -0.327 e. The summed E-state index contributed by atoms with van der Waals surface area (Å²) in [4.78, 5) is 9.67. The van der Waals surface area contributed by atoms with Gasteiger partial charge in [-0.25, -0.2) is 4.98 Å². The Morgan fingerprint density at radius 1 is 1.50 bits per heavy atom. The first-order valence-corrected chi connectivity index (χ1v) is 8.71. The Hall–Kier alpha value is -0.750. The third-order valence-corrected chi connectivity index (χ3v) is 6.08. The largest absolute Gasteiger partial charge is 0.327 e. The number of likely N-dealkylation sites (tertiary alicyclic amines) is 1. The molecule has 0 aromatic carbocycles. The summed E-state index contributed by atoms with van der Waals surface area (Å²) in [6.45, 7) is 7.71. The van der Waals surface area contributed by atoms with Gasteiger partial charge in [-0.2, -0.15) is 0 Å². The summed E-state index contributed by atoms with van der Waals surface area (Å²) in [6, 6.07) is 4.54. The van der Waals surface area contributed by atoms with Crippen molar-refractivity contribution in [2.75, 3.05) is 13.1 Å². The fraction of sp³-hybridized carbons (Fsp3) is 0.533. The quantitative estimate of drug-likeness (QED) is 0.944. The van der Waals surface area contributed by atoms with Crippen LogP contribution in [0.15, 0.2) is 23.7 Å². The van der Waals surface area contributed by atoms with E-state index in [1.807, 2.05) is 17.5 Å². The van der Waals surface area contributed by atoms with Crippen LogP contribution in [-0.2, 0) is 6.54 Å². The number of aromatic nitrogens is 1. The summed E-state index contributed by atoms with van der Waals surface area (Å²) >= 11 is 3.56. The SMILES string of the molecule is CC1(C)CN(Cc2cnc(-c3cccs3)s2)CCC1N. The maximum atomic E-state index is 6.20. The van der Waals surface area contributed by atoms with Gasteiger partial charge in [0.15, 0.2) is 0 Å². The average molecular weight is 307 g/mol. The zero-order valence-electron chi connectivity index (χ0n) is 12.0. The summed E-state index contributed by atoms with van der Waals surface area (Å²) in [6.07, 6.45) is 3.12. The molecule has 0 saturated carbocycles. The highest BCUT2D eigenvalue weighted by molar-refractivity contribution is 7.20. The highest BCUT2D eigenvalue weighted by atomic mass is 32.1. The van der Waals surface area contributed by atoms with E-state index in [0.717, 1.165) is 31.1 Å². The van der Waals surface area contributed by atoms with E-state index in [1.165, 1.54) is 9.75 Å². The second kappa shape index (κ2) is 5.56. The lowest BCUT2D eigenvalue weighted by Crippen LogP contribution is -2.51. The Bertz CT molecular complexity index is 559. The summed E-state index contributed by atoms with van der Waals surface area (Å²) in [5, 5.41) is 3.24. The number of nitrogens with zero attached hydrogens (tertiary/aromatic N) is 2. The molecule has 0 amide bonds. The summed E-state index contributed by atoms with van der Waals surface area (Å²) in [7, 11) is 0. The first-order chi connectivity index (χ1) is 9.54. The zero-order chi connectivity index (χ0) is 14.2. The number of hydrogen-bond acceptors (Lipinski definition) is 5. The molecule has 2 aromatic heterocycles. The van der Waals surface area contributed by atoms with Gasteiger partial charge in [-0.15, -0.1) is 22.7 Å². The lowest BCUT2D eigenvalue weighted by Gasteiger charge is -2.42. The van der Waals surface area contributed by atoms with Crippen LogP contribution in [0.25, 0.3) is 9.88 Å². The topological polar surface area (TPSA) is 42.2 Å². The normalized spacial score (nSPS) is 23.1. The molecule has 1 saturated heterocycles. The molecule has 3 rings (SSSR count). The minimum absolute atomic E-state index is 0.208. The van der Waals surface area contributed by atoms with Gasteiger partial charge in [-0.3, -0.25) is 4.90 Å². The molecule has 0 spiro atoms. The van der Waals surface area contributed by atoms with Crippen LogP contribution in [0.4, 0.5) is 0 Å². The number of nitrogens with two attached hydrogens (primary N) is 1. The molecule has 1 fully saturated rings. The first kappa shape index (κ1) is 14.2. The number of hydrogen-bond donors (Lipinski definition) is 1. The van der Waals surface area contributed by atoms with Crippen molar-refractivity contribution < 1.29 is 0 Å². The molecule has 0 radical (unpaired) electrons. The number of thiazole rings is 1. The van der Waals surface area contributed by atoms with Crippen molar-refractivity contribution in [3.05, 3.63) is 28.6 Å². The van der Waals surface area contributed by atoms with Crippen molar-refractivity contribution in [2.24, 2.45) is 11.1 Å². The minimum atomic E-state index is 0.208. The van der Waals surface area contributed by atoms with Gasteiger partial charge in [0.2, 0.25) is 0 Å². The van der Waals surface area contributed by atoms with E-state index in [0.29, 0.717) is 6.04 Å². The lowest BCUT2D eigenvalue weighted by atomic mass is 9.80. The Balaban J connectivity index is 1.67. The molecular formula is C15H21N3S2. The molecule has 5 heteroatoms. The van der Waals surface area contributed by atoms with Crippen molar-refractivity contribution in [1.29, 1.82) is 0 Å². The van der Waals surface area contributed by atoms with Crippen LogP contribution in [0.3, 0.4) is 0 Å². The van der Waals surface area contributed by atoms with E-state index in [9.17, 15) is 0 Å². The third-order valence-electron chi connectivity index (χ3n) is 4.06. The third kappa shape index (κ3) is 2.96. The molecule has 1 aliphatic rings. The first-order valence-electron chi connectivity index (χ1n) is 7.01. The van der Waals surface area contributed by atoms with Gasteiger partial charge in [0.25, 0.3) is 0 Å². The fourth-order valence-electron chi connectivity index (χ4n) is 2.74. The highest BCUT2D eigenvalue weighted by Crippen LogP contribution is 2.32. The molecule has 0 bridgehead atoms. The molecule has 1 aliphatic heterocycles. The number of thiophene rings is 1. The molecule has 20 heavy (non-hydrogen) atoms. The predicted molar refractivity (Wildman–Crippen MR) is 87.1 cm³/mol. The van der Waals surface area contributed by atoms with E-state index in [-0.39, 0.29) is 5.41 Å². The van der Waals surface area contributed by atoms with Gasteiger partial charge in [0.05, 0.1) is 4.88 Å². The molecule has 1 unspecified atom stereocenters. The molecule has 2 N–H and O–H groups in total. The maximum absolute atomic E-state index is 6.20. The van der Waals surface area contributed by atoms with Crippen molar-refractivity contribution in [1.82, 2.24) is 9.88 Å². The smallest absolute Gasteiger partial charge is 0.133 e. The Morgan fingerprint density at radius 2 is 2.35 bits per heavy atom. The van der Waals surface area contributed by atoms with E-state index in [2.05, 4.69) is 41.2 Å². The maximum Gasteiger partial charge on any atom is 0.133 e. The van der Waals surface area contributed by atoms with Crippen LogP contribution >= 0.6 is 22.7 Å². The van der Waals surface area contributed by atoms with Crippen LogP contribution in [0.5, 0.6) is 0 Å². The monoisotopic (exact) mass is 307 g/mol. The zero-order valence-corrected chi connectivity index (χ0v) is 13.6. The van der Waals surface area contributed by atoms with E-state index in [1.54, 1.807) is 11.3 Å². The van der Waals surface area contributed by atoms with Gasteiger partial charge in [0, 0.05) is 36.8 Å². The number of rotatable bonds is 3. The standard InChI is InChI=1S/C15H21N3S2/c1-15(2)10-18(6-5-13(15)16)9-11-8-17-14(20-11)12-4-3-7-19-12/h3-4,7-8,13H,5-6,9-10,16H2,1-2H3. The van der Waals surface area contributed by atoms with Crippen LogP contribution in [0, 0.1) is 5.41 Å². The molecule has 3 nitrogen and oxygen atoms in total. The van der Waals surface area contributed by atoms with Gasteiger partial charge in [-0.05, 0) is 23.3 Å². The van der Waals surface area contributed by atoms with Crippen LogP contribution in [-0.4, -0.2) is 29.0 Å². The van der Waals surface area contributed by atoms with Gasteiger partial charge in [-0.1, -0.05) is 19.9 Å². The van der Waals surface area contributed by atoms with E-state index in [4.69, 9.17) is 5.73 Å². The summed E-state index contributed by atoms with van der Waals surface area (Å²) in [5.74, 6) is 0. The van der Waals surface area contributed by atoms with Gasteiger partial charge < -0.3 is 5.73 Å². The molecule has 3 heterocycles. The van der Waals surface area contributed by atoms with Crippen molar-refractivity contribution in [2.45, 2.75) is 32.9 Å². The van der Waals surface area contributed by atoms with Crippen LogP contribution < -0.4 is 5.73 Å². The average Bonchev–Trinajstić information content (AvgIpc) is 3.03. The van der Waals surface area contributed by atoms with Gasteiger partial charge in [0.1, 0.15) is 5.01 Å². The predicted octanol–water partition coefficient (Wildman–Crippen LogP) is 3.43. The Kier molecular flexibility index (Phi) is 3.95. The summed E-state index contributed by atoms with van der Waals surface area (Å²) in [5.41, 5.74) is 6.41. The van der Waals surface area contributed by atoms with E-state index >= 15 is 0 Å². The molecule has 0 aliphatic carbocycles. The van der Waals surface area contributed by atoms with E-state index < -0.39 is 0 Å². The number of piperidine rings is 1. The van der Waals surface area contributed by atoms with Crippen LogP contribution in [0.2, 0.25) is 0 Å². The van der Waals surface area contributed by atoms with Gasteiger partial charge >= 0.3 is 0 Å². The summed E-state index contributed by atoms with van der Waals surface area (Å²) < 4.78 is 0. The molecule has 108 valence electrons. The Labute approximate surface area is 128 Å². The Morgan fingerprint density at radius 3 is 3.05 bits per heavy atom. The second-order valence-corrected chi connectivity index (χ2v) is 8.27. The second-order valence-electron chi connectivity index (χ2n) is 6.20. The van der Waals surface area contributed by atoms with Crippen molar-refractivity contribution >= 4 is 22.7 Å². The molecule has 1 atom stereocenters. The van der Waals surface area contributed by atoms with Crippen molar-refractivity contribution in [3.8, 4) is 9.88 Å². The lowest BCUT2D eigenvalue weighted by molar-refractivity contribution is 0.0906.